The second kappa shape index (κ2) is 3.83. The summed E-state index contributed by atoms with van der Waals surface area (Å²) in [5.74, 6) is 0.644. The summed E-state index contributed by atoms with van der Waals surface area (Å²) in [5.41, 5.74) is 8.03. The van der Waals surface area contributed by atoms with Crippen LogP contribution in [0.3, 0.4) is 0 Å². The maximum Gasteiger partial charge on any atom is 0.120 e. The normalized spacial score (nSPS) is 16.7. The van der Waals surface area contributed by atoms with Gasteiger partial charge in [0, 0.05) is 23.3 Å². The summed E-state index contributed by atoms with van der Waals surface area (Å²) in [4.78, 5) is 4.17. The fourth-order valence-electron chi connectivity index (χ4n) is 2.33. The third-order valence-electron chi connectivity index (χ3n) is 3.34. The van der Waals surface area contributed by atoms with E-state index < -0.39 is 6.04 Å². The Kier molecular flexibility index (Phi) is 2.31. The highest BCUT2D eigenvalue weighted by Gasteiger charge is 2.26. The lowest BCUT2D eigenvalue weighted by Crippen LogP contribution is -2.09. The summed E-state index contributed by atoms with van der Waals surface area (Å²) >= 11 is 0. The zero-order valence-corrected chi connectivity index (χ0v) is 9.43. The Hall–Kier alpha value is -1.92. The topological polar surface area (TPSA) is 62.7 Å². The van der Waals surface area contributed by atoms with Gasteiger partial charge < -0.3 is 5.73 Å². The first-order valence-corrected chi connectivity index (χ1v) is 5.83. The lowest BCUT2D eigenvalue weighted by Gasteiger charge is -2.11. The third-order valence-corrected chi connectivity index (χ3v) is 3.34. The monoisotopic (exact) mass is 223 g/mol. The zero-order valence-electron chi connectivity index (χ0n) is 9.43. The number of hydrogen-bond acceptors (Lipinski definition) is 3. The summed E-state index contributed by atoms with van der Waals surface area (Å²) in [6, 6.07) is 7.74. The number of nitrogens with zero attached hydrogens (tertiary/aromatic N) is 2. The van der Waals surface area contributed by atoms with Crippen LogP contribution in [0.1, 0.15) is 35.9 Å². The number of pyridine rings is 1. The Morgan fingerprint density at radius 3 is 2.88 bits per heavy atom. The van der Waals surface area contributed by atoms with E-state index in [4.69, 9.17) is 11.0 Å². The molecule has 0 amide bonds. The third kappa shape index (κ3) is 1.67. The van der Waals surface area contributed by atoms with Crippen LogP contribution in [-0.2, 0) is 0 Å². The Morgan fingerprint density at radius 1 is 1.35 bits per heavy atom. The van der Waals surface area contributed by atoms with Gasteiger partial charge in [-0.2, -0.15) is 5.26 Å². The van der Waals surface area contributed by atoms with Gasteiger partial charge in [0.25, 0.3) is 0 Å². The minimum Gasteiger partial charge on any atom is -0.312 e. The van der Waals surface area contributed by atoms with Crippen LogP contribution in [0.15, 0.2) is 30.6 Å². The molecular formula is C14H13N3. The van der Waals surface area contributed by atoms with Gasteiger partial charge in [0.2, 0.25) is 0 Å². The predicted molar refractivity (Wildman–Crippen MR) is 66.3 cm³/mol. The summed E-state index contributed by atoms with van der Waals surface area (Å²) < 4.78 is 0. The Labute approximate surface area is 99.9 Å². The van der Waals surface area contributed by atoms with Crippen molar-refractivity contribution in [3.8, 4) is 6.07 Å². The molecule has 1 unspecified atom stereocenters. The molecule has 2 aromatic rings. The molecule has 0 bridgehead atoms. The standard InChI is InChI=1S/C14H13N3/c15-6-13(16)12-8-17-7-10-2-1-3-11(14(10)12)9-4-5-9/h1-3,7-9,13H,4-5,16H2. The molecule has 1 atom stereocenters. The highest BCUT2D eigenvalue weighted by Crippen LogP contribution is 2.44. The van der Waals surface area contributed by atoms with Crippen molar-refractivity contribution in [2.45, 2.75) is 24.8 Å². The van der Waals surface area contributed by atoms with Gasteiger partial charge in [-0.05, 0) is 29.7 Å². The molecule has 1 saturated carbocycles. The molecule has 2 N–H and O–H groups in total. The van der Waals surface area contributed by atoms with Crippen LogP contribution in [0.25, 0.3) is 10.8 Å². The molecule has 1 aliphatic rings. The largest absolute Gasteiger partial charge is 0.312 e. The first-order chi connectivity index (χ1) is 8.31. The number of benzene rings is 1. The van der Waals surface area contributed by atoms with Crippen molar-refractivity contribution in [2.75, 3.05) is 0 Å². The average Bonchev–Trinajstić information content (AvgIpc) is 3.20. The number of fused-ring (bicyclic) bond motifs is 1. The second-order valence-electron chi connectivity index (χ2n) is 4.56. The van der Waals surface area contributed by atoms with Crippen LogP contribution in [0.5, 0.6) is 0 Å². The predicted octanol–water partition coefficient (Wildman–Crippen LogP) is 2.64. The van der Waals surface area contributed by atoms with Crippen molar-refractivity contribution in [1.29, 1.82) is 5.26 Å². The SMILES string of the molecule is N#CC(N)c1cncc2cccc(C3CC3)c12. The molecular weight excluding hydrogens is 210 g/mol. The molecule has 0 radical (unpaired) electrons. The van der Waals surface area contributed by atoms with E-state index in [1.165, 1.54) is 18.4 Å². The molecule has 17 heavy (non-hydrogen) atoms. The number of hydrogen-bond donors (Lipinski definition) is 1. The molecule has 3 rings (SSSR count). The van der Waals surface area contributed by atoms with Gasteiger partial charge in [0.05, 0.1) is 6.07 Å². The van der Waals surface area contributed by atoms with Crippen LogP contribution in [-0.4, -0.2) is 4.98 Å². The minimum atomic E-state index is -0.592. The number of nitriles is 1. The zero-order chi connectivity index (χ0) is 11.8. The molecule has 0 spiro atoms. The maximum atomic E-state index is 8.99. The summed E-state index contributed by atoms with van der Waals surface area (Å²) in [7, 11) is 0. The molecule has 1 aromatic heterocycles. The Morgan fingerprint density at radius 2 is 2.18 bits per heavy atom. The van der Waals surface area contributed by atoms with E-state index in [1.54, 1.807) is 6.20 Å². The molecule has 1 fully saturated rings. The smallest absolute Gasteiger partial charge is 0.120 e. The van der Waals surface area contributed by atoms with Crippen LogP contribution in [0.2, 0.25) is 0 Å². The first-order valence-electron chi connectivity index (χ1n) is 5.83. The van der Waals surface area contributed by atoms with Gasteiger partial charge >= 0.3 is 0 Å². The molecule has 3 nitrogen and oxygen atoms in total. The van der Waals surface area contributed by atoms with Crippen molar-refractivity contribution in [1.82, 2.24) is 4.98 Å². The van der Waals surface area contributed by atoms with E-state index in [1.807, 2.05) is 12.3 Å². The molecule has 0 aliphatic heterocycles. The summed E-state index contributed by atoms with van der Waals surface area (Å²) in [6.07, 6.45) is 6.04. The minimum absolute atomic E-state index is 0.592. The molecule has 1 aliphatic carbocycles. The molecule has 0 saturated heterocycles. The van der Waals surface area contributed by atoms with Crippen molar-refractivity contribution >= 4 is 10.8 Å². The van der Waals surface area contributed by atoms with E-state index in [-0.39, 0.29) is 0 Å². The Bertz CT molecular complexity index is 603. The number of aromatic nitrogens is 1. The van der Waals surface area contributed by atoms with Gasteiger partial charge in [-0.1, -0.05) is 18.2 Å². The fraction of sp³-hybridized carbons (Fsp3) is 0.286. The summed E-state index contributed by atoms with van der Waals surface area (Å²) in [5, 5.41) is 11.2. The van der Waals surface area contributed by atoms with Gasteiger partial charge in [0.15, 0.2) is 0 Å². The maximum absolute atomic E-state index is 8.99. The number of nitrogens with two attached hydrogens (primary N) is 1. The highest BCUT2D eigenvalue weighted by molar-refractivity contribution is 5.89. The first kappa shape index (κ1) is 10.2. The molecule has 3 heteroatoms. The van der Waals surface area contributed by atoms with E-state index in [9.17, 15) is 0 Å². The summed E-state index contributed by atoms with van der Waals surface area (Å²) in [6.45, 7) is 0. The molecule has 84 valence electrons. The van der Waals surface area contributed by atoms with Gasteiger partial charge in [-0.3, -0.25) is 4.98 Å². The quantitative estimate of drug-likeness (QED) is 0.851. The van der Waals surface area contributed by atoms with Crippen LogP contribution in [0.4, 0.5) is 0 Å². The van der Waals surface area contributed by atoms with E-state index >= 15 is 0 Å². The van der Waals surface area contributed by atoms with Crippen molar-refractivity contribution in [3.63, 3.8) is 0 Å². The molecule has 1 heterocycles. The lowest BCUT2D eigenvalue weighted by atomic mass is 9.96. The van der Waals surface area contributed by atoms with E-state index in [2.05, 4.69) is 23.2 Å². The van der Waals surface area contributed by atoms with Crippen LogP contribution >= 0.6 is 0 Å². The van der Waals surface area contributed by atoms with Crippen LogP contribution in [0, 0.1) is 11.3 Å². The van der Waals surface area contributed by atoms with Gasteiger partial charge in [-0.15, -0.1) is 0 Å². The fourth-order valence-corrected chi connectivity index (χ4v) is 2.33. The van der Waals surface area contributed by atoms with Crippen molar-refractivity contribution in [3.05, 3.63) is 41.7 Å². The highest BCUT2D eigenvalue weighted by atomic mass is 14.7. The number of rotatable bonds is 2. The average molecular weight is 223 g/mol. The van der Waals surface area contributed by atoms with Gasteiger partial charge in [0.1, 0.15) is 6.04 Å². The van der Waals surface area contributed by atoms with Crippen molar-refractivity contribution < 1.29 is 0 Å². The van der Waals surface area contributed by atoms with Crippen molar-refractivity contribution in [2.24, 2.45) is 5.73 Å². The van der Waals surface area contributed by atoms with E-state index in [0.29, 0.717) is 5.92 Å². The van der Waals surface area contributed by atoms with Crippen LogP contribution < -0.4 is 5.73 Å². The lowest BCUT2D eigenvalue weighted by molar-refractivity contribution is 0.924. The van der Waals surface area contributed by atoms with E-state index in [0.717, 1.165) is 16.3 Å². The second-order valence-corrected chi connectivity index (χ2v) is 4.56. The Balaban J connectivity index is 2.31. The van der Waals surface area contributed by atoms with Gasteiger partial charge in [-0.25, -0.2) is 0 Å². The molecule has 1 aromatic carbocycles.